The lowest BCUT2D eigenvalue weighted by molar-refractivity contribution is -0.137. The van der Waals surface area contributed by atoms with Crippen LogP contribution in [0.25, 0.3) is 0 Å². The highest BCUT2D eigenvalue weighted by atomic mass is 16.4. The van der Waals surface area contributed by atoms with Crippen molar-refractivity contribution in [2.75, 3.05) is 0 Å². The predicted molar refractivity (Wildman–Crippen MR) is 69.0 cm³/mol. The molecule has 0 bridgehead atoms. The number of hydrogen-bond acceptors (Lipinski definition) is 4. The van der Waals surface area contributed by atoms with Crippen LogP contribution in [0.4, 0.5) is 0 Å². The molecular formula is C12H15N5O3. The highest BCUT2D eigenvalue weighted by Gasteiger charge is 2.11. The number of carbonyl (C=O) groups excluding carboxylic acids is 1. The van der Waals surface area contributed by atoms with Crippen molar-refractivity contribution in [3.8, 4) is 0 Å². The fourth-order valence-corrected chi connectivity index (χ4v) is 1.69. The molecule has 0 aromatic carbocycles. The number of carboxylic acids is 1. The second-order valence-electron chi connectivity index (χ2n) is 4.35. The summed E-state index contributed by atoms with van der Waals surface area (Å²) >= 11 is 0. The van der Waals surface area contributed by atoms with Crippen LogP contribution < -0.4 is 5.32 Å². The molecule has 0 aliphatic rings. The lowest BCUT2D eigenvalue weighted by atomic mass is 10.2. The predicted octanol–water partition coefficient (Wildman–Crippen LogP) is -0.0604. The third-order valence-electron chi connectivity index (χ3n) is 2.95. The highest BCUT2D eigenvalue weighted by molar-refractivity contribution is 5.92. The molecular weight excluding hydrogens is 262 g/mol. The molecule has 0 unspecified atom stereocenters. The van der Waals surface area contributed by atoms with Crippen LogP contribution in [0.2, 0.25) is 0 Å². The Kier molecular flexibility index (Phi) is 3.83. The molecule has 2 heterocycles. The molecule has 0 aliphatic carbocycles. The topological polar surface area (TPSA) is 102 Å². The standard InChI is InChI=1S/C12H15N5O3/c1-8-9(6-14-16(8)2)5-13-12(20)10-3-4-17(15-10)7-11(18)19/h3-4,6H,5,7H2,1-2H3,(H,13,20)(H,18,19). The van der Waals surface area contributed by atoms with Crippen molar-refractivity contribution in [2.24, 2.45) is 7.05 Å². The van der Waals surface area contributed by atoms with E-state index in [1.165, 1.54) is 16.9 Å². The fraction of sp³-hybridized carbons (Fsp3) is 0.333. The normalized spacial score (nSPS) is 10.5. The minimum atomic E-state index is -1.01. The van der Waals surface area contributed by atoms with Crippen LogP contribution in [-0.4, -0.2) is 36.5 Å². The zero-order valence-corrected chi connectivity index (χ0v) is 11.2. The van der Waals surface area contributed by atoms with Crippen molar-refractivity contribution in [2.45, 2.75) is 20.0 Å². The molecule has 8 nitrogen and oxygen atoms in total. The van der Waals surface area contributed by atoms with Gasteiger partial charge >= 0.3 is 5.97 Å². The van der Waals surface area contributed by atoms with Gasteiger partial charge in [0.1, 0.15) is 12.2 Å². The summed E-state index contributed by atoms with van der Waals surface area (Å²) < 4.78 is 2.93. The lowest BCUT2D eigenvalue weighted by Crippen LogP contribution is -2.24. The van der Waals surface area contributed by atoms with Gasteiger partial charge in [-0.15, -0.1) is 0 Å². The average molecular weight is 277 g/mol. The van der Waals surface area contributed by atoms with E-state index in [0.29, 0.717) is 6.54 Å². The molecule has 0 radical (unpaired) electrons. The molecule has 106 valence electrons. The van der Waals surface area contributed by atoms with Gasteiger partial charge < -0.3 is 10.4 Å². The molecule has 1 amide bonds. The van der Waals surface area contributed by atoms with Gasteiger partial charge in [0.15, 0.2) is 0 Å². The Labute approximate surface area is 115 Å². The van der Waals surface area contributed by atoms with E-state index in [0.717, 1.165) is 11.3 Å². The van der Waals surface area contributed by atoms with Crippen LogP contribution in [0.1, 0.15) is 21.7 Å². The van der Waals surface area contributed by atoms with Crippen molar-refractivity contribution in [1.29, 1.82) is 0 Å². The summed E-state index contributed by atoms with van der Waals surface area (Å²) in [4.78, 5) is 22.4. The summed E-state index contributed by atoms with van der Waals surface area (Å²) in [7, 11) is 1.83. The molecule has 2 N–H and O–H groups in total. The lowest BCUT2D eigenvalue weighted by Gasteiger charge is -2.03. The largest absolute Gasteiger partial charge is 0.480 e. The van der Waals surface area contributed by atoms with Gasteiger partial charge in [-0.25, -0.2) is 0 Å². The first-order chi connectivity index (χ1) is 9.47. The first-order valence-corrected chi connectivity index (χ1v) is 5.98. The van der Waals surface area contributed by atoms with E-state index >= 15 is 0 Å². The molecule has 2 rings (SSSR count). The smallest absolute Gasteiger partial charge is 0.325 e. The summed E-state index contributed by atoms with van der Waals surface area (Å²) in [5, 5.41) is 19.3. The van der Waals surface area contributed by atoms with E-state index in [2.05, 4.69) is 15.5 Å². The maximum Gasteiger partial charge on any atom is 0.325 e. The SMILES string of the molecule is Cc1c(CNC(=O)c2ccn(CC(=O)O)n2)cnn1C. The van der Waals surface area contributed by atoms with Gasteiger partial charge in [-0.3, -0.25) is 19.0 Å². The number of aryl methyl sites for hydroxylation is 1. The van der Waals surface area contributed by atoms with Crippen molar-refractivity contribution in [3.63, 3.8) is 0 Å². The Balaban J connectivity index is 1.96. The highest BCUT2D eigenvalue weighted by Crippen LogP contribution is 2.05. The van der Waals surface area contributed by atoms with Gasteiger partial charge in [0.25, 0.3) is 5.91 Å². The molecule has 0 atom stereocenters. The molecule has 0 saturated carbocycles. The molecule has 0 aliphatic heterocycles. The molecule has 0 saturated heterocycles. The summed E-state index contributed by atoms with van der Waals surface area (Å²) in [5.41, 5.74) is 2.08. The number of nitrogens with one attached hydrogen (secondary N) is 1. The van der Waals surface area contributed by atoms with Gasteiger partial charge in [-0.2, -0.15) is 10.2 Å². The van der Waals surface area contributed by atoms with Gasteiger partial charge in [0, 0.05) is 31.0 Å². The number of aromatic nitrogens is 4. The second-order valence-corrected chi connectivity index (χ2v) is 4.35. The summed E-state index contributed by atoms with van der Waals surface area (Å²) in [6.07, 6.45) is 3.15. The van der Waals surface area contributed by atoms with Crippen LogP contribution in [0.5, 0.6) is 0 Å². The van der Waals surface area contributed by atoms with Crippen molar-refractivity contribution >= 4 is 11.9 Å². The summed E-state index contributed by atoms with van der Waals surface area (Å²) in [5.74, 6) is -1.36. The Morgan fingerprint density at radius 2 is 2.20 bits per heavy atom. The number of carboxylic acid groups (broad SMARTS) is 1. The van der Waals surface area contributed by atoms with Gasteiger partial charge in [-0.1, -0.05) is 0 Å². The number of carbonyl (C=O) groups is 2. The second kappa shape index (κ2) is 5.55. The Hall–Kier alpha value is -2.64. The summed E-state index contributed by atoms with van der Waals surface area (Å²) in [6.45, 7) is 2.00. The van der Waals surface area contributed by atoms with E-state index in [1.807, 2.05) is 14.0 Å². The van der Waals surface area contributed by atoms with Crippen molar-refractivity contribution < 1.29 is 14.7 Å². The van der Waals surface area contributed by atoms with E-state index in [9.17, 15) is 9.59 Å². The van der Waals surface area contributed by atoms with Crippen molar-refractivity contribution in [1.82, 2.24) is 24.9 Å². The Morgan fingerprint density at radius 1 is 1.45 bits per heavy atom. The van der Waals surface area contributed by atoms with Crippen LogP contribution >= 0.6 is 0 Å². The van der Waals surface area contributed by atoms with Crippen LogP contribution in [-0.2, 0) is 24.9 Å². The van der Waals surface area contributed by atoms with E-state index in [1.54, 1.807) is 10.9 Å². The first-order valence-electron chi connectivity index (χ1n) is 5.98. The minimum Gasteiger partial charge on any atom is -0.480 e. The molecule has 20 heavy (non-hydrogen) atoms. The molecule has 0 spiro atoms. The number of hydrogen-bond donors (Lipinski definition) is 2. The maximum absolute atomic E-state index is 11.9. The zero-order chi connectivity index (χ0) is 14.7. The number of nitrogens with zero attached hydrogens (tertiary/aromatic N) is 4. The van der Waals surface area contributed by atoms with Crippen LogP contribution in [0.15, 0.2) is 18.5 Å². The summed E-state index contributed by atoms with van der Waals surface area (Å²) in [6, 6.07) is 1.48. The number of amides is 1. The van der Waals surface area contributed by atoms with Gasteiger partial charge in [-0.05, 0) is 13.0 Å². The molecule has 8 heteroatoms. The van der Waals surface area contributed by atoms with Gasteiger partial charge in [0.2, 0.25) is 0 Å². The minimum absolute atomic E-state index is 0.188. The Morgan fingerprint density at radius 3 is 2.80 bits per heavy atom. The fourth-order valence-electron chi connectivity index (χ4n) is 1.69. The quantitative estimate of drug-likeness (QED) is 0.797. The van der Waals surface area contributed by atoms with Crippen molar-refractivity contribution in [3.05, 3.63) is 35.4 Å². The molecule has 2 aromatic rings. The molecule has 0 fully saturated rings. The van der Waals surface area contributed by atoms with E-state index in [-0.39, 0.29) is 18.1 Å². The third kappa shape index (κ3) is 3.02. The maximum atomic E-state index is 11.9. The van der Waals surface area contributed by atoms with E-state index < -0.39 is 5.97 Å². The van der Waals surface area contributed by atoms with E-state index in [4.69, 9.17) is 5.11 Å². The monoisotopic (exact) mass is 277 g/mol. The number of rotatable bonds is 5. The average Bonchev–Trinajstić information content (AvgIpc) is 2.96. The van der Waals surface area contributed by atoms with Crippen LogP contribution in [0, 0.1) is 6.92 Å². The Bertz CT molecular complexity index is 643. The zero-order valence-electron chi connectivity index (χ0n) is 11.2. The van der Waals surface area contributed by atoms with Gasteiger partial charge in [0.05, 0.1) is 6.20 Å². The third-order valence-corrected chi connectivity index (χ3v) is 2.95. The molecule has 2 aromatic heterocycles. The first kappa shape index (κ1) is 13.8. The number of aliphatic carboxylic acids is 1. The van der Waals surface area contributed by atoms with Crippen LogP contribution in [0.3, 0.4) is 0 Å².